The summed E-state index contributed by atoms with van der Waals surface area (Å²) in [6.07, 6.45) is 4.07. The number of fused-ring (bicyclic) bond motifs is 1. The molecule has 2 aliphatic heterocycles. The van der Waals surface area contributed by atoms with Crippen molar-refractivity contribution in [3.05, 3.63) is 21.9 Å². The third-order valence-corrected chi connectivity index (χ3v) is 4.96. The van der Waals surface area contributed by atoms with E-state index in [4.69, 9.17) is 4.74 Å². The Morgan fingerprint density at radius 2 is 2.28 bits per heavy atom. The Labute approximate surface area is 113 Å². The van der Waals surface area contributed by atoms with Gasteiger partial charge < -0.3 is 10.1 Å². The summed E-state index contributed by atoms with van der Waals surface area (Å²) in [5.41, 5.74) is 1.54. The average Bonchev–Trinajstić information content (AvgIpc) is 2.87. The Balaban J connectivity index is 1.39. The lowest BCUT2D eigenvalue weighted by molar-refractivity contribution is 0.0185. The normalized spacial score (nSPS) is 22.0. The maximum atomic E-state index is 5.98. The molecule has 1 saturated heterocycles. The van der Waals surface area contributed by atoms with Gasteiger partial charge in [0.2, 0.25) is 0 Å². The average molecular weight is 266 g/mol. The van der Waals surface area contributed by atoms with Crippen molar-refractivity contribution in [2.24, 2.45) is 0 Å². The van der Waals surface area contributed by atoms with E-state index in [1.165, 1.54) is 31.4 Å². The van der Waals surface area contributed by atoms with Crippen molar-refractivity contribution < 1.29 is 4.74 Å². The molecule has 0 atom stereocenters. The van der Waals surface area contributed by atoms with Crippen LogP contribution >= 0.6 is 11.3 Å². The first kappa shape index (κ1) is 12.6. The third kappa shape index (κ3) is 3.12. The fourth-order valence-electron chi connectivity index (χ4n) is 2.81. The Bertz CT molecular complexity index is 374. The van der Waals surface area contributed by atoms with Gasteiger partial charge in [0.15, 0.2) is 0 Å². The molecule has 4 heteroatoms. The van der Waals surface area contributed by atoms with Crippen LogP contribution in [-0.2, 0) is 17.7 Å². The molecule has 0 aliphatic carbocycles. The lowest BCUT2D eigenvalue weighted by atomic mass is 10.1. The molecule has 0 unspecified atom stereocenters. The van der Waals surface area contributed by atoms with Crippen molar-refractivity contribution in [1.29, 1.82) is 0 Å². The van der Waals surface area contributed by atoms with E-state index in [1.54, 1.807) is 4.88 Å². The minimum absolute atomic E-state index is 0.493. The second-order valence-corrected chi connectivity index (χ2v) is 6.22. The Kier molecular flexibility index (Phi) is 4.31. The summed E-state index contributed by atoms with van der Waals surface area (Å²) in [6, 6.07) is 2.28. The Hall–Kier alpha value is -0.420. The van der Waals surface area contributed by atoms with Gasteiger partial charge in [-0.15, -0.1) is 11.3 Å². The molecule has 0 amide bonds. The van der Waals surface area contributed by atoms with Crippen LogP contribution in [0, 0.1) is 0 Å². The summed E-state index contributed by atoms with van der Waals surface area (Å²) in [4.78, 5) is 4.11. The molecule has 0 bridgehead atoms. The number of ether oxygens (including phenoxy) is 1. The molecule has 0 aromatic carbocycles. The molecule has 2 aliphatic rings. The van der Waals surface area contributed by atoms with Gasteiger partial charge in [0.1, 0.15) is 0 Å². The summed E-state index contributed by atoms with van der Waals surface area (Å²) in [5.74, 6) is 0. The minimum Gasteiger partial charge on any atom is -0.377 e. The van der Waals surface area contributed by atoms with Crippen LogP contribution in [0.2, 0.25) is 0 Å². The van der Waals surface area contributed by atoms with E-state index in [-0.39, 0.29) is 0 Å². The number of rotatable bonds is 4. The maximum absolute atomic E-state index is 5.98. The van der Waals surface area contributed by atoms with Crippen LogP contribution in [0.3, 0.4) is 0 Å². The first-order valence-electron chi connectivity index (χ1n) is 7.02. The van der Waals surface area contributed by atoms with Crippen LogP contribution in [0.4, 0.5) is 0 Å². The summed E-state index contributed by atoms with van der Waals surface area (Å²) < 4.78 is 5.98. The van der Waals surface area contributed by atoms with Crippen LogP contribution in [0.25, 0.3) is 0 Å². The fourth-order valence-corrected chi connectivity index (χ4v) is 3.70. The summed E-state index contributed by atoms with van der Waals surface area (Å²) in [7, 11) is 0. The van der Waals surface area contributed by atoms with Gasteiger partial charge in [-0.25, -0.2) is 0 Å². The molecule has 3 heterocycles. The number of hydrogen-bond acceptors (Lipinski definition) is 4. The predicted octanol–water partition coefficient (Wildman–Crippen LogP) is 1.87. The van der Waals surface area contributed by atoms with Crippen LogP contribution in [0.1, 0.15) is 23.3 Å². The van der Waals surface area contributed by atoms with E-state index in [1.807, 2.05) is 11.3 Å². The van der Waals surface area contributed by atoms with E-state index >= 15 is 0 Å². The van der Waals surface area contributed by atoms with Crippen molar-refractivity contribution in [2.45, 2.75) is 31.9 Å². The zero-order chi connectivity index (χ0) is 12.2. The van der Waals surface area contributed by atoms with Gasteiger partial charge >= 0.3 is 0 Å². The fraction of sp³-hybridized carbons (Fsp3) is 0.714. The smallest absolute Gasteiger partial charge is 0.0600 e. The predicted molar refractivity (Wildman–Crippen MR) is 75.1 cm³/mol. The van der Waals surface area contributed by atoms with Gasteiger partial charge in [-0.2, -0.15) is 0 Å². The molecule has 18 heavy (non-hydrogen) atoms. The highest BCUT2D eigenvalue weighted by atomic mass is 32.1. The monoisotopic (exact) mass is 266 g/mol. The number of nitrogens with zero attached hydrogens (tertiary/aromatic N) is 1. The topological polar surface area (TPSA) is 24.5 Å². The lowest BCUT2D eigenvalue weighted by Crippen LogP contribution is -2.36. The van der Waals surface area contributed by atoms with Crippen molar-refractivity contribution in [3.8, 4) is 0 Å². The molecule has 1 aromatic rings. The Morgan fingerprint density at radius 3 is 3.17 bits per heavy atom. The van der Waals surface area contributed by atoms with Gasteiger partial charge in [0.05, 0.1) is 12.7 Å². The van der Waals surface area contributed by atoms with Gasteiger partial charge in [-0.1, -0.05) is 0 Å². The molecule has 1 aromatic heterocycles. The number of piperidine rings is 1. The van der Waals surface area contributed by atoms with Gasteiger partial charge in [0.25, 0.3) is 0 Å². The van der Waals surface area contributed by atoms with Crippen molar-refractivity contribution in [1.82, 2.24) is 10.2 Å². The molecule has 1 fully saturated rings. The van der Waals surface area contributed by atoms with Gasteiger partial charge in [0, 0.05) is 24.5 Å². The maximum Gasteiger partial charge on any atom is 0.0600 e. The van der Waals surface area contributed by atoms with E-state index in [2.05, 4.69) is 21.7 Å². The molecule has 1 N–H and O–H groups in total. The van der Waals surface area contributed by atoms with Crippen molar-refractivity contribution in [3.63, 3.8) is 0 Å². The summed E-state index contributed by atoms with van der Waals surface area (Å²) in [6.45, 7) is 6.53. The minimum atomic E-state index is 0.493. The number of hydrogen-bond donors (Lipinski definition) is 1. The summed E-state index contributed by atoms with van der Waals surface area (Å²) in [5, 5.41) is 5.60. The van der Waals surface area contributed by atoms with Crippen LogP contribution in [0.5, 0.6) is 0 Å². The zero-order valence-corrected chi connectivity index (χ0v) is 11.7. The zero-order valence-electron chi connectivity index (χ0n) is 10.9. The van der Waals surface area contributed by atoms with Crippen molar-refractivity contribution >= 4 is 11.3 Å². The first-order chi connectivity index (χ1) is 8.92. The number of thiophene rings is 1. The highest BCUT2D eigenvalue weighted by Crippen LogP contribution is 2.23. The lowest BCUT2D eigenvalue weighted by Gasteiger charge is -2.28. The molecule has 100 valence electrons. The van der Waals surface area contributed by atoms with E-state index in [9.17, 15) is 0 Å². The van der Waals surface area contributed by atoms with E-state index in [0.29, 0.717) is 6.10 Å². The first-order valence-corrected chi connectivity index (χ1v) is 7.90. The number of nitrogens with one attached hydrogen (secondary N) is 1. The Morgan fingerprint density at radius 1 is 1.39 bits per heavy atom. The molecule has 3 rings (SSSR count). The summed E-state index contributed by atoms with van der Waals surface area (Å²) >= 11 is 1.91. The molecular formula is C14H22N2OS. The van der Waals surface area contributed by atoms with E-state index in [0.717, 1.165) is 32.8 Å². The van der Waals surface area contributed by atoms with Gasteiger partial charge in [-0.05, 0) is 49.4 Å². The highest BCUT2D eigenvalue weighted by molar-refractivity contribution is 7.10. The molecule has 0 saturated carbocycles. The van der Waals surface area contributed by atoms with Crippen molar-refractivity contribution in [2.75, 3.05) is 32.8 Å². The standard InChI is InChI=1S/C14H22N2OS/c1-5-15-6-2-13(1)17-9-8-16-7-3-14-12(11-16)4-10-18-14/h4,10,13,15H,1-3,5-9,11H2. The molecule has 3 nitrogen and oxygen atoms in total. The van der Waals surface area contributed by atoms with Crippen LogP contribution in [-0.4, -0.2) is 43.8 Å². The SMILES string of the molecule is c1cc2c(s1)CCN(CCOC1CCNCC1)C2. The largest absolute Gasteiger partial charge is 0.377 e. The molecule has 0 spiro atoms. The molecular weight excluding hydrogens is 244 g/mol. The second-order valence-electron chi connectivity index (χ2n) is 5.22. The third-order valence-electron chi connectivity index (χ3n) is 3.93. The van der Waals surface area contributed by atoms with Gasteiger partial charge in [-0.3, -0.25) is 4.90 Å². The second kappa shape index (κ2) is 6.15. The van der Waals surface area contributed by atoms with Crippen LogP contribution < -0.4 is 5.32 Å². The quantitative estimate of drug-likeness (QED) is 0.900. The van der Waals surface area contributed by atoms with Crippen LogP contribution in [0.15, 0.2) is 11.4 Å². The molecule has 0 radical (unpaired) electrons. The highest BCUT2D eigenvalue weighted by Gasteiger charge is 2.18. The van der Waals surface area contributed by atoms with E-state index < -0.39 is 0 Å².